The zero-order chi connectivity index (χ0) is 40.2. The molecule has 12 aromatic carbocycles. The quantitative estimate of drug-likeness (QED) is 0.168. The van der Waals surface area contributed by atoms with Crippen LogP contribution in [0.25, 0.3) is 120 Å². The summed E-state index contributed by atoms with van der Waals surface area (Å²) in [6.07, 6.45) is 0. The van der Waals surface area contributed by atoms with Crippen molar-refractivity contribution in [1.29, 1.82) is 10.5 Å². The van der Waals surface area contributed by atoms with Crippen LogP contribution in [0.2, 0.25) is 0 Å². The van der Waals surface area contributed by atoms with Crippen molar-refractivity contribution in [3.05, 3.63) is 192 Å². The van der Waals surface area contributed by atoms with E-state index >= 15 is 0 Å². The van der Waals surface area contributed by atoms with E-state index in [2.05, 4.69) is 178 Å². The zero-order valence-corrected chi connectivity index (χ0v) is 33.1. The van der Waals surface area contributed by atoms with Crippen LogP contribution in [-0.2, 0) is 0 Å². The molecule has 0 saturated heterocycles. The number of fused-ring (bicyclic) bond motifs is 8. The van der Waals surface area contributed by atoms with Crippen LogP contribution in [0.3, 0.4) is 0 Å². The van der Waals surface area contributed by atoms with Crippen molar-refractivity contribution in [2.24, 2.45) is 0 Å². The first kappa shape index (κ1) is 34.0. The summed E-state index contributed by atoms with van der Waals surface area (Å²) in [5, 5.41) is 37.5. The van der Waals surface area contributed by atoms with E-state index in [0.29, 0.717) is 11.1 Å². The summed E-state index contributed by atoms with van der Waals surface area (Å²) in [4.78, 5) is 0. The third-order valence-corrected chi connectivity index (χ3v) is 13.0. The van der Waals surface area contributed by atoms with Crippen molar-refractivity contribution in [2.75, 3.05) is 0 Å². The molecule has 0 spiro atoms. The van der Waals surface area contributed by atoms with Gasteiger partial charge < -0.3 is 0 Å². The Hall–Kier alpha value is -8.04. The van der Waals surface area contributed by atoms with Gasteiger partial charge in [-0.1, -0.05) is 152 Å². The Bertz CT molecular complexity index is 3820. The Morgan fingerprint density at radius 3 is 1.53 bits per heavy atom. The molecule has 0 radical (unpaired) electrons. The highest BCUT2D eigenvalue weighted by molar-refractivity contribution is 6.45. The topological polar surface area (TPSA) is 47.6 Å². The summed E-state index contributed by atoms with van der Waals surface area (Å²) >= 11 is 0. The van der Waals surface area contributed by atoms with Crippen molar-refractivity contribution in [1.82, 2.24) is 0 Å². The lowest BCUT2D eigenvalue weighted by Crippen LogP contribution is -1.94. The maximum atomic E-state index is 10.0. The molecule has 0 heterocycles. The van der Waals surface area contributed by atoms with E-state index in [1.165, 1.54) is 109 Å². The van der Waals surface area contributed by atoms with Gasteiger partial charge in [-0.05, 0) is 163 Å². The van der Waals surface area contributed by atoms with Gasteiger partial charge in [0.1, 0.15) is 0 Å². The Balaban J connectivity index is 1.24. The molecule has 0 fully saturated rings. The van der Waals surface area contributed by atoms with E-state index < -0.39 is 0 Å². The molecule has 276 valence electrons. The fourth-order valence-corrected chi connectivity index (χ4v) is 10.7. The number of nitriles is 2. The second-order valence-electron chi connectivity index (χ2n) is 16.2. The number of nitrogens with zero attached hydrogens (tertiary/aromatic N) is 2. The maximum absolute atomic E-state index is 10.0. The van der Waals surface area contributed by atoms with Crippen LogP contribution in [0.4, 0.5) is 0 Å². The second kappa shape index (κ2) is 12.7. The molecule has 12 rings (SSSR count). The van der Waals surface area contributed by atoms with E-state index in [9.17, 15) is 10.5 Å². The fourth-order valence-electron chi connectivity index (χ4n) is 10.7. The van der Waals surface area contributed by atoms with E-state index in [0.717, 1.165) is 22.3 Å². The fraction of sp³-hybridized carbons (Fsp3) is 0.0345. The van der Waals surface area contributed by atoms with E-state index in [1.807, 2.05) is 6.07 Å². The predicted molar refractivity (Wildman–Crippen MR) is 252 cm³/mol. The van der Waals surface area contributed by atoms with Crippen LogP contribution in [-0.4, -0.2) is 0 Å². The lowest BCUT2D eigenvalue weighted by molar-refractivity contribution is 1.37. The normalized spacial score (nSPS) is 11.8. The van der Waals surface area contributed by atoms with Crippen LogP contribution in [0, 0.1) is 36.5 Å². The van der Waals surface area contributed by atoms with Gasteiger partial charge in [-0.3, -0.25) is 0 Å². The van der Waals surface area contributed by atoms with Crippen LogP contribution < -0.4 is 0 Å². The Labute approximate surface area is 347 Å². The van der Waals surface area contributed by atoms with Gasteiger partial charge in [0.2, 0.25) is 0 Å². The van der Waals surface area contributed by atoms with Gasteiger partial charge >= 0.3 is 0 Å². The molecule has 60 heavy (non-hydrogen) atoms. The van der Waals surface area contributed by atoms with Crippen LogP contribution in [0.15, 0.2) is 170 Å². The summed E-state index contributed by atoms with van der Waals surface area (Å²) in [5.74, 6) is 0. The Kier molecular flexibility index (Phi) is 7.22. The lowest BCUT2D eigenvalue weighted by Gasteiger charge is -2.19. The molecule has 0 bridgehead atoms. The largest absolute Gasteiger partial charge is 0.192 e. The number of hydrogen-bond acceptors (Lipinski definition) is 2. The van der Waals surface area contributed by atoms with E-state index in [-0.39, 0.29) is 0 Å². The third-order valence-electron chi connectivity index (χ3n) is 13.0. The number of rotatable bonds is 4. The molecular formula is C58H34N2. The maximum Gasteiger partial charge on any atom is 0.0998 e. The number of aryl methyl sites for hydroxylation is 2. The molecular weight excluding hydrogens is 725 g/mol. The monoisotopic (exact) mass is 758 g/mol. The molecule has 0 aliphatic rings. The molecule has 2 heteroatoms. The van der Waals surface area contributed by atoms with E-state index in [4.69, 9.17) is 0 Å². The van der Waals surface area contributed by atoms with Gasteiger partial charge in [-0.15, -0.1) is 0 Å². The first-order chi connectivity index (χ1) is 29.5. The highest BCUT2D eigenvalue weighted by Gasteiger charge is 2.27. The number of benzene rings is 10. The summed E-state index contributed by atoms with van der Waals surface area (Å²) in [6.45, 7) is 4.35. The van der Waals surface area contributed by atoms with Gasteiger partial charge in [0.15, 0.2) is 0 Å². The van der Waals surface area contributed by atoms with Crippen LogP contribution in [0.1, 0.15) is 22.3 Å². The van der Waals surface area contributed by atoms with Crippen LogP contribution >= 0.6 is 0 Å². The first-order valence-corrected chi connectivity index (χ1v) is 20.5. The smallest absolute Gasteiger partial charge is 0.0998 e. The predicted octanol–water partition coefficient (Wildman–Crippen LogP) is 15.7. The minimum atomic E-state index is 0.486. The van der Waals surface area contributed by atoms with Crippen molar-refractivity contribution >= 4 is 75.4 Å². The Morgan fingerprint density at radius 2 is 0.850 bits per heavy atom. The molecule has 0 aromatic heterocycles. The molecule has 12 aromatic rings. The molecule has 0 aliphatic heterocycles. The molecule has 0 aliphatic carbocycles. The van der Waals surface area contributed by atoms with Crippen molar-refractivity contribution in [2.45, 2.75) is 13.8 Å². The average Bonchev–Trinajstić information content (AvgIpc) is 3.80. The summed E-state index contributed by atoms with van der Waals surface area (Å²) < 4.78 is 0. The number of hydrogen-bond donors (Lipinski definition) is 0. The highest BCUT2D eigenvalue weighted by Crippen LogP contribution is 2.55. The SMILES string of the molecule is Cc1cc(-c2ccc(C#N)cc2C#N)cc(C)c1-c1ccc2c3c(-c4ccccc4)c4c(cc5c6ccccc6c6cccc4c65)c(-c4ccccc4)c3c3cccc1c32. The third kappa shape index (κ3) is 4.62. The summed E-state index contributed by atoms with van der Waals surface area (Å²) in [5.41, 5.74) is 12.4. The van der Waals surface area contributed by atoms with Crippen molar-refractivity contribution < 1.29 is 0 Å². The van der Waals surface area contributed by atoms with Gasteiger partial charge in [0, 0.05) is 0 Å². The van der Waals surface area contributed by atoms with Crippen LogP contribution in [0.5, 0.6) is 0 Å². The lowest BCUT2D eigenvalue weighted by atomic mass is 9.84. The van der Waals surface area contributed by atoms with Gasteiger partial charge in [-0.2, -0.15) is 10.5 Å². The molecule has 0 atom stereocenters. The van der Waals surface area contributed by atoms with Gasteiger partial charge in [-0.25, -0.2) is 0 Å². The van der Waals surface area contributed by atoms with Crippen molar-refractivity contribution in [3.63, 3.8) is 0 Å². The van der Waals surface area contributed by atoms with Crippen molar-refractivity contribution in [3.8, 4) is 56.6 Å². The Morgan fingerprint density at radius 1 is 0.317 bits per heavy atom. The standard InChI is InChI=1S/C58H34N2/c1-33-27-38(40-24-23-35(31-59)29-39(40)32-60)28-34(2)51(33)45-25-26-48-54-44(45)20-12-22-47(54)57-52(36-13-5-3-6-14-36)50-30-49-42-18-10-9-17-41(42)43-19-11-21-46(55(43)49)56(50)53(58(48)57)37-15-7-4-8-16-37/h3-30H,1-2H3. The summed E-state index contributed by atoms with van der Waals surface area (Å²) in [6, 6.07) is 66.1. The molecule has 0 saturated carbocycles. The molecule has 0 N–H and O–H groups in total. The first-order valence-electron chi connectivity index (χ1n) is 20.5. The minimum absolute atomic E-state index is 0.486. The minimum Gasteiger partial charge on any atom is -0.192 e. The van der Waals surface area contributed by atoms with E-state index in [1.54, 1.807) is 12.1 Å². The van der Waals surface area contributed by atoms with Gasteiger partial charge in [0.05, 0.1) is 23.3 Å². The van der Waals surface area contributed by atoms with Gasteiger partial charge in [0.25, 0.3) is 0 Å². The second-order valence-corrected chi connectivity index (χ2v) is 16.2. The molecule has 2 nitrogen and oxygen atoms in total. The summed E-state index contributed by atoms with van der Waals surface area (Å²) in [7, 11) is 0. The zero-order valence-electron chi connectivity index (χ0n) is 33.1. The average molecular weight is 759 g/mol. The molecule has 0 unspecified atom stereocenters. The molecule has 0 amide bonds. The highest BCUT2D eigenvalue weighted by atomic mass is 14.3.